The highest BCUT2D eigenvalue weighted by atomic mass is 35.5. The molecule has 4 heteroatoms. The summed E-state index contributed by atoms with van der Waals surface area (Å²) < 4.78 is 0. The molecule has 1 amide bonds. The summed E-state index contributed by atoms with van der Waals surface area (Å²) in [6.07, 6.45) is 1.52. The molecular formula is C10H13ClN2O. The van der Waals surface area contributed by atoms with E-state index in [-0.39, 0.29) is 5.91 Å². The third-order valence-electron chi connectivity index (χ3n) is 2.04. The van der Waals surface area contributed by atoms with Crippen LogP contribution >= 0.6 is 11.6 Å². The van der Waals surface area contributed by atoms with Gasteiger partial charge < -0.3 is 4.90 Å². The molecule has 0 atom stereocenters. The van der Waals surface area contributed by atoms with Crippen molar-refractivity contribution in [3.63, 3.8) is 0 Å². The minimum absolute atomic E-state index is 0.0926. The van der Waals surface area contributed by atoms with Crippen LogP contribution in [-0.4, -0.2) is 29.4 Å². The van der Waals surface area contributed by atoms with Crippen molar-refractivity contribution in [1.29, 1.82) is 0 Å². The van der Waals surface area contributed by atoms with Crippen molar-refractivity contribution in [1.82, 2.24) is 9.88 Å². The molecule has 0 saturated heterocycles. The van der Waals surface area contributed by atoms with Gasteiger partial charge in [-0.1, -0.05) is 11.6 Å². The van der Waals surface area contributed by atoms with Crippen LogP contribution in [0.4, 0.5) is 0 Å². The number of aromatic nitrogens is 1. The lowest BCUT2D eigenvalue weighted by Crippen LogP contribution is -2.26. The van der Waals surface area contributed by atoms with Crippen molar-refractivity contribution in [3.8, 4) is 0 Å². The fourth-order valence-electron chi connectivity index (χ4n) is 1.03. The number of halogens is 1. The van der Waals surface area contributed by atoms with Gasteiger partial charge in [-0.25, -0.2) is 0 Å². The van der Waals surface area contributed by atoms with Crippen LogP contribution in [0.1, 0.15) is 23.0 Å². The van der Waals surface area contributed by atoms with Gasteiger partial charge in [-0.2, -0.15) is 0 Å². The van der Waals surface area contributed by atoms with Crippen LogP contribution in [-0.2, 0) is 0 Å². The molecule has 1 aromatic heterocycles. The van der Waals surface area contributed by atoms with E-state index in [1.807, 2.05) is 13.8 Å². The van der Waals surface area contributed by atoms with E-state index < -0.39 is 0 Å². The summed E-state index contributed by atoms with van der Waals surface area (Å²) in [4.78, 5) is 17.4. The number of amides is 1. The summed E-state index contributed by atoms with van der Waals surface area (Å²) >= 11 is 5.94. The smallest absolute Gasteiger partial charge is 0.256 e. The summed E-state index contributed by atoms with van der Waals surface area (Å²) in [5, 5.41) is 0.461. The van der Waals surface area contributed by atoms with E-state index in [0.29, 0.717) is 17.1 Å². The SMILES string of the molecule is CCN(C)C(=O)c1cnc(C)cc1Cl. The second-order valence-corrected chi connectivity index (χ2v) is 3.53. The molecule has 0 spiro atoms. The average molecular weight is 213 g/mol. The van der Waals surface area contributed by atoms with Crippen molar-refractivity contribution < 1.29 is 4.79 Å². The van der Waals surface area contributed by atoms with Gasteiger partial charge in [0.15, 0.2) is 0 Å². The lowest BCUT2D eigenvalue weighted by molar-refractivity contribution is 0.0802. The lowest BCUT2D eigenvalue weighted by atomic mass is 10.2. The van der Waals surface area contributed by atoms with E-state index in [1.165, 1.54) is 6.20 Å². The van der Waals surface area contributed by atoms with Crippen LogP contribution in [0, 0.1) is 6.92 Å². The first-order chi connectivity index (χ1) is 6.56. The maximum Gasteiger partial charge on any atom is 0.256 e. The number of nitrogens with zero attached hydrogens (tertiary/aromatic N) is 2. The Labute approximate surface area is 88.7 Å². The van der Waals surface area contributed by atoms with Gasteiger partial charge in [0.25, 0.3) is 5.91 Å². The first kappa shape index (κ1) is 11.0. The van der Waals surface area contributed by atoms with Crippen molar-refractivity contribution in [2.75, 3.05) is 13.6 Å². The molecule has 1 rings (SSSR count). The van der Waals surface area contributed by atoms with E-state index >= 15 is 0 Å². The Morgan fingerprint density at radius 1 is 1.64 bits per heavy atom. The van der Waals surface area contributed by atoms with Gasteiger partial charge in [0.05, 0.1) is 10.6 Å². The third-order valence-corrected chi connectivity index (χ3v) is 2.35. The number of carbonyl (C=O) groups excluding carboxylic acids is 1. The van der Waals surface area contributed by atoms with Crippen molar-refractivity contribution in [2.45, 2.75) is 13.8 Å². The van der Waals surface area contributed by atoms with E-state index in [9.17, 15) is 4.79 Å². The largest absolute Gasteiger partial charge is 0.342 e. The molecule has 0 radical (unpaired) electrons. The molecule has 1 heterocycles. The summed E-state index contributed by atoms with van der Waals surface area (Å²) in [6, 6.07) is 1.69. The molecule has 76 valence electrons. The second-order valence-electron chi connectivity index (χ2n) is 3.12. The monoisotopic (exact) mass is 212 g/mol. The lowest BCUT2D eigenvalue weighted by Gasteiger charge is -2.14. The molecule has 1 aromatic rings. The normalized spacial score (nSPS) is 10.0. The Hall–Kier alpha value is -1.09. The minimum Gasteiger partial charge on any atom is -0.342 e. The van der Waals surface area contributed by atoms with Crippen LogP contribution in [0.2, 0.25) is 5.02 Å². The van der Waals surface area contributed by atoms with Crippen molar-refractivity contribution in [2.24, 2.45) is 0 Å². The van der Waals surface area contributed by atoms with Gasteiger partial charge in [-0.05, 0) is 19.9 Å². The highest BCUT2D eigenvalue weighted by molar-refractivity contribution is 6.33. The molecule has 3 nitrogen and oxygen atoms in total. The maximum atomic E-state index is 11.7. The molecule has 0 saturated carbocycles. The maximum absolute atomic E-state index is 11.7. The van der Waals surface area contributed by atoms with Crippen LogP contribution < -0.4 is 0 Å². The van der Waals surface area contributed by atoms with Gasteiger partial charge in [0.2, 0.25) is 0 Å². The van der Waals surface area contributed by atoms with Crippen LogP contribution in [0.3, 0.4) is 0 Å². The zero-order valence-corrected chi connectivity index (χ0v) is 9.30. The number of aryl methyl sites for hydroxylation is 1. The van der Waals surface area contributed by atoms with Crippen molar-refractivity contribution in [3.05, 3.63) is 28.5 Å². The second kappa shape index (κ2) is 4.42. The van der Waals surface area contributed by atoms with Gasteiger partial charge in [-0.15, -0.1) is 0 Å². The van der Waals surface area contributed by atoms with E-state index in [4.69, 9.17) is 11.6 Å². The fourth-order valence-corrected chi connectivity index (χ4v) is 1.32. The summed E-state index contributed by atoms with van der Waals surface area (Å²) in [6.45, 7) is 4.40. The van der Waals surface area contributed by atoms with Gasteiger partial charge >= 0.3 is 0 Å². The molecule has 0 unspecified atom stereocenters. The van der Waals surface area contributed by atoms with Gasteiger partial charge in [-0.3, -0.25) is 9.78 Å². The Balaban J connectivity index is 3.02. The number of hydrogen-bond donors (Lipinski definition) is 0. The van der Waals surface area contributed by atoms with Crippen LogP contribution in [0.5, 0.6) is 0 Å². The number of rotatable bonds is 2. The molecular weight excluding hydrogens is 200 g/mol. The number of hydrogen-bond acceptors (Lipinski definition) is 2. The van der Waals surface area contributed by atoms with Gasteiger partial charge in [0, 0.05) is 25.5 Å². The zero-order chi connectivity index (χ0) is 10.7. The standard InChI is InChI=1S/C10H13ClN2O/c1-4-13(3)10(14)8-6-12-7(2)5-9(8)11/h5-6H,4H2,1-3H3. The quantitative estimate of drug-likeness (QED) is 0.753. The summed E-state index contributed by atoms with van der Waals surface area (Å²) in [7, 11) is 1.73. The molecule has 14 heavy (non-hydrogen) atoms. The number of carbonyl (C=O) groups is 1. The highest BCUT2D eigenvalue weighted by Gasteiger charge is 2.13. The fraction of sp³-hybridized carbons (Fsp3) is 0.400. The predicted molar refractivity (Wildman–Crippen MR) is 56.6 cm³/mol. The van der Waals surface area contributed by atoms with E-state index in [2.05, 4.69) is 4.98 Å². The Morgan fingerprint density at radius 3 is 2.79 bits per heavy atom. The summed E-state index contributed by atoms with van der Waals surface area (Å²) in [5.74, 6) is -0.0926. The molecule has 0 aliphatic heterocycles. The van der Waals surface area contributed by atoms with Crippen LogP contribution in [0.25, 0.3) is 0 Å². The molecule has 0 bridgehead atoms. The highest BCUT2D eigenvalue weighted by Crippen LogP contribution is 2.16. The molecule has 0 aromatic carbocycles. The number of pyridine rings is 1. The molecule has 0 aliphatic carbocycles. The van der Waals surface area contributed by atoms with E-state index in [0.717, 1.165) is 5.69 Å². The predicted octanol–water partition coefficient (Wildman–Crippen LogP) is 2.14. The zero-order valence-electron chi connectivity index (χ0n) is 8.54. The van der Waals surface area contributed by atoms with E-state index in [1.54, 1.807) is 18.0 Å². The third kappa shape index (κ3) is 2.23. The molecule has 0 N–H and O–H groups in total. The first-order valence-electron chi connectivity index (χ1n) is 4.44. The van der Waals surface area contributed by atoms with Gasteiger partial charge in [0.1, 0.15) is 0 Å². The summed E-state index contributed by atoms with van der Waals surface area (Å²) in [5.41, 5.74) is 1.27. The first-order valence-corrected chi connectivity index (χ1v) is 4.81. The minimum atomic E-state index is -0.0926. The Bertz CT molecular complexity index is 352. The van der Waals surface area contributed by atoms with Crippen LogP contribution in [0.15, 0.2) is 12.3 Å². The topological polar surface area (TPSA) is 33.2 Å². The average Bonchev–Trinajstić information content (AvgIpc) is 2.15. The Morgan fingerprint density at radius 2 is 2.29 bits per heavy atom. The Kier molecular flexibility index (Phi) is 3.47. The molecule has 0 aliphatic rings. The van der Waals surface area contributed by atoms with Crippen molar-refractivity contribution >= 4 is 17.5 Å². The molecule has 0 fully saturated rings.